The van der Waals surface area contributed by atoms with Gasteiger partial charge in [0.05, 0.1) is 22.2 Å². The van der Waals surface area contributed by atoms with Crippen LogP contribution >= 0.6 is 0 Å². The zero-order valence-corrected chi connectivity index (χ0v) is 10.9. The molecular formula is C13H15N5O2. The third-order valence-electron chi connectivity index (χ3n) is 3.67. The van der Waals surface area contributed by atoms with Gasteiger partial charge in [0.1, 0.15) is 5.82 Å². The Morgan fingerprint density at radius 3 is 3.05 bits per heavy atom. The number of hydrogen-bond donors (Lipinski definition) is 1. The first-order valence-corrected chi connectivity index (χ1v) is 6.57. The lowest BCUT2D eigenvalue weighted by Gasteiger charge is -2.24. The van der Waals surface area contributed by atoms with Gasteiger partial charge in [0, 0.05) is 31.3 Å². The van der Waals surface area contributed by atoms with Gasteiger partial charge in [-0.1, -0.05) is 0 Å². The molecule has 0 bridgehead atoms. The fraction of sp³-hybridized carbons (Fsp3) is 0.385. The molecule has 1 aromatic carbocycles. The van der Waals surface area contributed by atoms with E-state index in [-0.39, 0.29) is 5.69 Å². The maximum Gasteiger partial charge on any atom is 0.271 e. The van der Waals surface area contributed by atoms with Crippen LogP contribution in [0.1, 0.15) is 12.8 Å². The van der Waals surface area contributed by atoms with Gasteiger partial charge in [-0.2, -0.15) is 0 Å². The summed E-state index contributed by atoms with van der Waals surface area (Å²) in [5, 5.41) is 10.7. The smallest absolute Gasteiger partial charge is 0.271 e. The normalized spacial score (nSPS) is 18.6. The van der Waals surface area contributed by atoms with Crippen molar-refractivity contribution in [3.63, 3.8) is 0 Å². The lowest BCUT2D eigenvalue weighted by Crippen LogP contribution is -2.35. The number of benzene rings is 1. The lowest BCUT2D eigenvalue weighted by molar-refractivity contribution is -0.384. The lowest BCUT2D eigenvalue weighted by atomic mass is 10.2. The van der Waals surface area contributed by atoms with E-state index in [0.29, 0.717) is 23.6 Å². The van der Waals surface area contributed by atoms with Gasteiger partial charge >= 0.3 is 0 Å². The Bertz CT molecular complexity index is 660. The van der Waals surface area contributed by atoms with E-state index in [1.165, 1.54) is 12.1 Å². The topological polar surface area (TPSA) is 98.2 Å². The van der Waals surface area contributed by atoms with Gasteiger partial charge in [-0.15, -0.1) is 0 Å². The number of non-ortho nitro benzene ring substituents is 1. The minimum Gasteiger partial charge on any atom is -0.351 e. The average molecular weight is 273 g/mol. The predicted molar refractivity (Wildman–Crippen MR) is 75.6 cm³/mol. The molecule has 20 heavy (non-hydrogen) atoms. The second kappa shape index (κ2) is 5.01. The quantitative estimate of drug-likeness (QED) is 0.671. The number of nitrogens with two attached hydrogens (primary N) is 1. The second-order valence-corrected chi connectivity index (χ2v) is 4.88. The molecule has 2 aromatic rings. The summed E-state index contributed by atoms with van der Waals surface area (Å²) in [6, 6.07) is 4.83. The van der Waals surface area contributed by atoms with Crippen LogP contribution in [-0.2, 0) is 0 Å². The molecule has 1 atom stereocenters. The van der Waals surface area contributed by atoms with Crippen molar-refractivity contribution >= 4 is 22.5 Å². The predicted octanol–water partition coefficient (Wildman–Crippen LogP) is 1.47. The van der Waals surface area contributed by atoms with Crippen molar-refractivity contribution < 1.29 is 4.92 Å². The van der Waals surface area contributed by atoms with Gasteiger partial charge in [-0.3, -0.25) is 15.1 Å². The summed E-state index contributed by atoms with van der Waals surface area (Å²) in [6.07, 6.45) is 3.83. The summed E-state index contributed by atoms with van der Waals surface area (Å²) < 4.78 is 0. The van der Waals surface area contributed by atoms with E-state index < -0.39 is 4.92 Å². The van der Waals surface area contributed by atoms with Gasteiger partial charge in [0.25, 0.3) is 5.69 Å². The number of hydrogen-bond acceptors (Lipinski definition) is 6. The first-order valence-electron chi connectivity index (χ1n) is 6.57. The van der Waals surface area contributed by atoms with Gasteiger partial charge in [0.15, 0.2) is 0 Å². The highest BCUT2D eigenvalue weighted by atomic mass is 16.6. The zero-order valence-electron chi connectivity index (χ0n) is 10.9. The van der Waals surface area contributed by atoms with Crippen LogP contribution in [0.25, 0.3) is 11.0 Å². The van der Waals surface area contributed by atoms with Crippen LogP contribution in [0.3, 0.4) is 0 Å². The Balaban J connectivity index is 1.99. The molecule has 104 valence electrons. The van der Waals surface area contributed by atoms with E-state index in [2.05, 4.69) is 14.9 Å². The van der Waals surface area contributed by atoms with Crippen molar-refractivity contribution in [2.45, 2.75) is 18.9 Å². The summed E-state index contributed by atoms with van der Waals surface area (Å²) in [5.74, 6) is 0.791. The summed E-state index contributed by atoms with van der Waals surface area (Å²) >= 11 is 0. The molecule has 7 nitrogen and oxygen atoms in total. The molecule has 2 N–H and O–H groups in total. The Labute approximate surface area is 115 Å². The molecule has 1 aromatic heterocycles. The number of aromatic nitrogens is 2. The van der Waals surface area contributed by atoms with Gasteiger partial charge in [-0.05, 0) is 18.9 Å². The van der Waals surface area contributed by atoms with E-state index in [9.17, 15) is 10.1 Å². The Morgan fingerprint density at radius 2 is 2.30 bits per heavy atom. The van der Waals surface area contributed by atoms with Gasteiger partial charge in [0.2, 0.25) is 0 Å². The minimum absolute atomic E-state index is 0.0283. The Hall–Kier alpha value is -2.28. The number of nitrogens with zero attached hydrogens (tertiary/aromatic N) is 4. The zero-order chi connectivity index (χ0) is 14.1. The third-order valence-corrected chi connectivity index (χ3v) is 3.67. The highest BCUT2D eigenvalue weighted by Gasteiger charge is 2.24. The largest absolute Gasteiger partial charge is 0.351 e. The number of rotatable bonds is 3. The molecule has 1 unspecified atom stereocenters. The van der Waals surface area contributed by atoms with Crippen molar-refractivity contribution in [2.24, 2.45) is 5.73 Å². The second-order valence-electron chi connectivity index (χ2n) is 4.88. The maximum atomic E-state index is 10.7. The maximum absolute atomic E-state index is 10.7. The molecule has 7 heteroatoms. The van der Waals surface area contributed by atoms with Crippen LogP contribution in [0, 0.1) is 10.1 Å². The van der Waals surface area contributed by atoms with Gasteiger partial charge < -0.3 is 10.6 Å². The van der Waals surface area contributed by atoms with Crippen molar-refractivity contribution in [3.05, 3.63) is 34.5 Å². The molecule has 1 fully saturated rings. The fourth-order valence-corrected chi connectivity index (χ4v) is 2.62. The first-order chi connectivity index (χ1) is 9.69. The van der Waals surface area contributed by atoms with E-state index in [0.717, 1.165) is 25.2 Å². The number of nitro groups is 1. The minimum atomic E-state index is -0.431. The van der Waals surface area contributed by atoms with Crippen LogP contribution in [-0.4, -0.2) is 34.0 Å². The van der Waals surface area contributed by atoms with E-state index >= 15 is 0 Å². The highest BCUT2D eigenvalue weighted by molar-refractivity contribution is 5.78. The molecule has 0 aliphatic carbocycles. The first kappa shape index (κ1) is 12.7. The molecule has 1 saturated heterocycles. The molecule has 0 amide bonds. The third kappa shape index (κ3) is 2.16. The SMILES string of the molecule is NCC1CCCN1c1cnc2cc([N+](=O)[O-])ccc2n1. The van der Waals surface area contributed by atoms with Crippen LogP contribution < -0.4 is 10.6 Å². The molecule has 0 saturated carbocycles. The van der Waals surface area contributed by atoms with Crippen LogP contribution in [0.5, 0.6) is 0 Å². The summed E-state index contributed by atoms with van der Waals surface area (Å²) in [4.78, 5) is 21.3. The number of nitro benzene ring substituents is 1. The van der Waals surface area contributed by atoms with E-state index in [4.69, 9.17) is 5.73 Å². The molecular weight excluding hydrogens is 258 g/mol. The Kier molecular flexibility index (Phi) is 3.19. The van der Waals surface area contributed by atoms with Crippen LogP contribution in [0.2, 0.25) is 0 Å². The molecule has 1 aliphatic rings. The molecule has 0 radical (unpaired) electrons. The number of fused-ring (bicyclic) bond motifs is 1. The molecule has 2 heterocycles. The monoisotopic (exact) mass is 273 g/mol. The number of anilines is 1. The molecule has 0 spiro atoms. The van der Waals surface area contributed by atoms with Crippen LogP contribution in [0.4, 0.5) is 11.5 Å². The fourth-order valence-electron chi connectivity index (χ4n) is 2.62. The van der Waals surface area contributed by atoms with E-state index in [1.54, 1.807) is 12.3 Å². The molecule has 1 aliphatic heterocycles. The summed E-state index contributed by atoms with van der Waals surface area (Å²) in [5.41, 5.74) is 6.99. The Morgan fingerprint density at radius 1 is 1.45 bits per heavy atom. The standard InChI is InChI=1S/C13H15N5O2/c14-7-10-2-1-5-17(10)13-8-15-12-6-9(18(19)20)3-4-11(12)16-13/h3-4,6,8,10H,1-2,5,7,14H2. The average Bonchev–Trinajstić information content (AvgIpc) is 2.94. The van der Waals surface area contributed by atoms with Crippen molar-refractivity contribution in [3.8, 4) is 0 Å². The summed E-state index contributed by atoms with van der Waals surface area (Å²) in [7, 11) is 0. The van der Waals surface area contributed by atoms with Gasteiger partial charge in [-0.25, -0.2) is 4.98 Å². The summed E-state index contributed by atoms with van der Waals surface area (Å²) in [6.45, 7) is 1.52. The molecule has 3 rings (SSSR count). The van der Waals surface area contributed by atoms with Crippen molar-refractivity contribution in [2.75, 3.05) is 18.0 Å². The van der Waals surface area contributed by atoms with Crippen molar-refractivity contribution in [1.29, 1.82) is 0 Å². The van der Waals surface area contributed by atoms with Crippen molar-refractivity contribution in [1.82, 2.24) is 9.97 Å². The van der Waals surface area contributed by atoms with E-state index in [1.807, 2.05) is 0 Å². The highest BCUT2D eigenvalue weighted by Crippen LogP contribution is 2.25. The van der Waals surface area contributed by atoms with Crippen LogP contribution in [0.15, 0.2) is 24.4 Å².